The van der Waals surface area contributed by atoms with E-state index in [1.54, 1.807) is 12.3 Å². The number of nitrogen functional groups attached to an aromatic ring is 1. The zero-order chi connectivity index (χ0) is 12.3. The van der Waals surface area contributed by atoms with E-state index >= 15 is 0 Å². The SMILES string of the molecule is CN(CCNc1ncc(N)cc1C#N)C1CC1. The molecule has 0 spiro atoms. The van der Waals surface area contributed by atoms with Gasteiger partial charge in [-0.1, -0.05) is 0 Å². The third kappa shape index (κ3) is 3.08. The van der Waals surface area contributed by atoms with Gasteiger partial charge in [-0.2, -0.15) is 5.26 Å². The van der Waals surface area contributed by atoms with E-state index < -0.39 is 0 Å². The summed E-state index contributed by atoms with van der Waals surface area (Å²) in [4.78, 5) is 6.46. The molecule has 90 valence electrons. The Bertz CT molecular complexity index is 433. The van der Waals surface area contributed by atoms with Crippen molar-refractivity contribution < 1.29 is 0 Å². The van der Waals surface area contributed by atoms with Crippen molar-refractivity contribution in [3.05, 3.63) is 17.8 Å². The fourth-order valence-electron chi connectivity index (χ4n) is 1.76. The van der Waals surface area contributed by atoms with Gasteiger partial charge in [-0.15, -0.1) is 0 Å². The van der Waals surface area contributed by atoms with E-state index in [1.165, 1.54) is 12.8 Å². The lowest BCUT2D eigenvalue weighted by Gasteiger charge is -2.16. The highest BCUT2D eigenvalue weighted by Crippen LogP contribution is 2.24. The van der Waals surface area contributed by atoms with Crippen LogP contribution in [0.4, 0.5) is 11.5 Å². The fraction of sp³-hybridized carbons (Fsp3) is 0.500. The molecule has 0 bridgehead atoms. The third-order valence-corrected chi connectivity index (χ3v) is 2.96. The van der Waals surface area contributed by atoms with Gasteiger partial charge in [0.1, 0.15) is 11.9 Å². The van der Waals surface area contributed by atoms with Crippen molar-refractivity contribution >= 4 is 11.5 Å². The normalized spacial score (nSPS) is 14.6. The average Bonchev–Trinajstić information content (AvgIpc) is 3.14. The van der Waals surface area contributed by atoms with Gasteiger partial charge in [-0.3, -0.25) is 0 Å². The van der Waals surface area contributed by atoms with Crippen LogP contribution in [0.15, 0.2) is 12.3 Å². The molecule has 0 amide bonds. The molecule has 0 aliphatic heterocycles. The molecule has 1 fully saturated rings. The summed E-state index contributed by atoms with van der Waals surface area (Å²) in [5.41, 5.74) is 6.59. The van der Waals surface area contributed by atoms with Gasteiger partial charge in [0, 0.05) is 19.1 Å². The zero-order valence-electron chi connectivity index (χ0n) is 9.98. The molecule has 0 aromatic carbocycles. The monoisotopic (exact) mass is 231 g/mol. The van der Waals surface area contributed by atoms with Crippen LogP contribution in [0.3, 0.4) is 0 Å². The van der Waals surface area contributed by atoms with Gasteiger partial charge >= 0.3 is 0 Å². The number of hydrogen-bond acceptors (Lipinski definition) is 5. The van der Waals surface area contributed by atoms with Crippen LogP contribution >= 0.6 is 0 Å². The zero-order valence-corrected chi connectivity index (χ0v) is 9.98. The molecule has 0 saturated heterocycles. The first kappa shape index (κ1) is 11.7. The van der Waals surface area contributed by atoms with Gasteiger partial charge in [-0.05, 0) is 26.0 Å². The molecule has 5 heteroatoms. The van der Waals surface area contributed by atoms with E-state index in [9.17, 15) is 0 Å². The number of aromatic nitrogens is 1. The van der Waals surface area contributed by atoms with Crippen molar-refractivity contribution in [2.45, 2.75) is 18.9 Å². The van der Waals surface area contributed by atoms with Gasteiger partial charge in [0.2, 0.25) is 0 Å². The molecule has 0 unspecified atom stereocenters. The third-order valence-electron chi connectivity index (χ3n) is 2.96. The first-order valence-electron chi connectivity index (χ1n) is 5.80. The summed E-state index contributed by atoms with van der Waals surface area (Å²) >= 11 is 0. The number of nitrogens with zero attached hydrogens (tertiary/aromatic N) is 3. The second-order valence-corrected chi connectivity index (χ2v) is 4.42. The molecule has 1 aliphatic rings. The average molecular weight is 231 g/mol. The van der Waals surface area contributed by atoms with E-state index in [0.717, 1.165) is 19.1 Å². The predicted molar refractivity (Wildman–Crippen MR) is 67.5 cm³/mol. The number of rotatable bonds is 5. The molecule has 1 aromatic rings. The minimum atomic E-state index is 0.499. The molecule has 0 radical (unpaired) electrons. The van der Waals surface area contributed by atoms with Gasteiger partial charge in [-0.25, -0.2) is 4.98 Å². The molecule has 2 rings (SSSR count). The van der Waals surface area contributed by atoms with Crippen LogP contribution in [-0.2, 0) is 0 Å². The van der Waals surface area contributed by atoms with Crippen LogP contribution in [0.2, 0.25) is 0 Å². The molecule has 1 saturated carbocycles. The lowest BCUT2D eigenvalue weighted by atomic mass is 10.2. The summed E-state index contributed by atoms with van der Waals surface area (Å²) in [6.45, 7) is 1.75. The van der Waals surface area contributed by atoms with Crippen molar-refractivity contribution in [1.82, 2.24) is 9.88 Å². The second-order valence-electron chi connectivity index (χ2n) is 4.42. The molecule has 5 nitrogen and oxygen atoms in total. The summed E-state index contributed by atoms with van der Waals surface area (Å²) in [7, 11) is 2.13. The lowest BCUT2D eigenvalue weighted by Crippen LogP contribution is -2.27. The molecule has 0 atom stereocenters. The number of nitriles is 1. The molecule has 3 N–H and O–H groups in total. The van der Waals surface area contributed by atoms with E-state index in [4.69, 9.17) is 11.0 Å². The maximum absolute atomic E-state index is 8.95. The Morgan fingerprint density at radius 1 is 1.65 bits per heavy atom. The summed E-state index contributed by atoms with van der Waals surface area (Å²) < 4.78 is 0. The Labute approximate surface area is 101 Å². The van der Waals surface area contributed by atoms with Crippen LogP contribution in [0.25, 0.3) is 0 Å². The van der Waals surface area contributed by atoms with E-state index in [-0.39, 0.29) is 0 Å². The highest BCUT2D eigenvalue weighted by atomic mass is 15.2. The number of hydrogen-bond donors (Lipinski definition) is 2. The smallest absolute Gasteiger partial charge is 0.144 e. The maximum Gasteiger partial charge on any atom is 0.144 e. The van der Waals surface area contributed by atoms with Gasteiger partial charge < -0.3 is 16.0 Å². The van der Waals surface area contributed by atoms with Crippen LogP contribution in [-0.4, -0.2) is 36.1 Å². The molecular weight excluding hydrogens is 214 g/mol. The Balaban J connectivity index is 1.87. The minimum Gasteiger partial charge on any atom is -0.397 e. The fourth-order valence-corrected chi connectivity index (χ4v) is 1.76. The second kappa shape index (κ2) is 5.02. The molecular formula is C12H17N5. The highest BCUT2D eigenvalue weighted by molar-refractivity contribution is 5.57. The van der Waals surface area contributed by atoms with Crippen LogP contribution in [0.5, 0.6) is 0 Å². The standard InChI is InChI=1S/C12H17N5/c1-17(11-2-3-11)5-4-15-12-9(7-13)6-10(14)8-16-12/h6,8,11H,2-5,14H2,1H3,(H,15,16). The Hall–Kier alpha value is -1.80. The summed E-state index contributed by atoms with van der Waals surface area (Å²) in [5, 5.41) is 12.1. The largest absolute Gasteiger partial charge is 0.397 e. The van der Waals surface area contributed by atoms with Crippen LogP contribution in [0, 0.1) is 11.3 Å². The Kier molecular flexibility index (Phi) is 3.45. The molecule has 1 aromatic heterocycles. The lowest BCUT2D eigenvalue weighted by molar-refractivity contribution is 0.337. The van der Waals surface area contributed by atoms with Gasteiger partial charge in [0.25, 0.3) is 0 Å². The van der Waals surface area contributed by atoms with Crippen LogP contribution < -0.4 is 11.1 Å². The first-order chi connectivity index (χ1) is 8.20. The summed E-state index contributed by atoms with van der Waals surface area (Å²) in [5.74, 6) is 0.617. The number of pyridine rings is 1. The summed E-state index contributed by atoms with van der Waals surface area (Å²) in [6, 6.07) is 4.49. The van der Waals surface area contributed by atoms with E-state index in [0.29, 0.717) is 17.1 Å². The molecule has 1 heterocycles. The van der Waals surface area contributed by atoms with E-state index in [1.807, 2.05) is 0 Å². The van der Waals surface area contributed by atoms with Crippen molar-refractivity contribution in [2.75, 3.05) is 31.2 Å². The number of likely N-dealkylation sites (N-methyl/N-ethyl adjacent to an activating group) is 1. The number of nitrogens with two attached hydrogens (primary N) is 1. The quantitative estimate of drug-likeness (QED) is 0.791. The first-order valence-corrected chi connectivity index (χ1v) is 5.80. The van der Waals surface area contributed by atoms with Crippen LogP contribution in [0.1, 0.15) is 18.4 Å². The predicted octanol–water partition coefficient (Wildman–Crippen LogP) is 1.04. The summed E-state index contributed by atoms with van der Waals surface area (Å²) in [6.07, 6.45) is 4.17. The van der Waals surface area contributed by atoms with Gasteiger partial charge in [0.05, 0.1) is 17.4 Å². The maximum atomic E-state index is 8.95. The Morgan fingerprint density at radius 3 is 3.06 bits per heavy atom. The van der Waals surface area contributed by atoms with Crippen molar-refractivity contribution in [3.8, 4) is 6.07 Å². The number of anilines is 2. The highest BCUT2D eigenvalue weighted by Gasteiger charge is 2.25. The van der Waals surface area contributed by atoms with Crippen molar-refractivity contribution in [2.24, 2.45) is 0 Å². The molecule has 17 heavy (non-hydrogen) atoms. The number of nitrogens with one attached hydrogen (secondary N) is 1. The minimum absolute atomic E-state index is 0.499. The molecule has 1 aliphatic carbocycles. The van der Waals surface area contributed by atoms with E-state index in [2.05, 4.69) is 28.3 Å². The Morgan fingerprint density at radius 2 is 2.41 bits per heavy atom. The van der Waals surface area contributed by atoms with Crippen molar-refractivity contribution in [3.63, 3.8) is 0 Å². The van der Waals surface area contributed by atoms with Gasteiger partial charge in [0.15, 0.2) is 0 Å². The topological polar surface area (TPSA) is 78.0 Å². The van der Waals surface area contributed by atoms with Crippen molar-refractivity contribution in [1.29, 1.82) is 5.26 Å².